The molecule has 0 spiro atoms. The van der Waals surface area contributed by atoms with Gasteiger partial charge in [0, 0.05) is 10.1 Å². The first-order valence-corrected chi connectivity index (χ1v) is 6.83. The lowest BCUT2D eigenvalue weighted by molar-refractivity contribution is -0.140. The standard InChI is InChI=1S/C13H18INO2/c1-3-9(2)12(13(16)17)15-8-10-4-6-11(14)7-5-10/h4-7,9,12,15H,3,8H2,1-2H3,(H,16,17)/t9-,12-/m0/s1. The Kier molecular flexibility index (Phi) is 5.91. The molecule has 4 heteroatoms. The minimum absolute atomic E-state index is 0.136. The lowest BCUT2D eigenvalue weighted by Gasteiger charge is -2.20. The number of hydrogen-bond acceptors (Lipinski definition) is 2. The maximum Gasteiger partial charge on any atom is 0.320 e. The normalized spacial score (nSPS) is 14.3. The van der Waals surface area contributed by atoms with E-state index in [0.717, 1.165) is 12.0 Å². The van der Waals surface area contributed by atoms with E-state index in [4.69, 9.17) is 5.11 Å². The van der Waals surface area contributed by atoms with Crippen molar-refractivity contribution in [3.63, 3.8) is 0 Å². The van der Waals surface area contributed by atoms with Crippen LogP contribution in [0, 0.1) is 9.49 Å². The largest absolute Gasteiger partial charge is 0.480 e. The lowest BCUT2D eigenvalue weighted by atomic mass is 9.99. The molecule has 1 rings (SSSR count). The Hall–Kier alpha value is -0.620. The Balaban J connectivity index is 2.57. The van der Waals surface area contributed by atoms with E-state index in [-0.39, 0.29) is 5.92 Å². The summed E-state index contributed by atoms with van der Waals surface area (Å²) in [6, 6.07) is 7.61. The zero-order valence-electron chi connectivity index (χ0n) is 10.1. The molecule has 1 aromatic rings. The fourth-order valence-electron chi connectivity index (χ4n) is 1.60. The third kappa shape index (κ3) is 4.63. The quantitative estimate of drug-likeness (QED) is 0.778. The molecule has 0 heterocycles. The summed E-state index contributed by atoms with van der Waals surface area (Å²) in [5.74, 6) is -0.638. The SMILES string of the molecule is CC[C@H](C)[C@H](NCc1ccc(I)cc1)C(=O)O. The number of carboxylic acid groups (broad SMARTS) is 1. The number of benzene rings is 1. The summed E-state index contributed by atoms with van der Waals surface area (Å²) in [6.07, 6.45) is 0.858. The van der Waals surface area contributed by atoms with Gasteiger partial charge in [0.05, 0.1) is 0 Å². The predicted octanol–water partition coefficient (Wildman–Crippen LogP) is 2.88. The van der Waals surface area contributed by atoms with E-state index in [1.54, 1.807) is 0 Å². The van der Waals surface area contributed by atoms with E-state index in [2.05, 4.69) is 27.9 Å². The van der Waals surface area contributed by atoms with Crippen LogP contribution in [-0.4, -0.2) is 17.1 Å². The van der Waals surface area contributed by atoms with Crippen molar-refractivity contribution in [2.45, 2.75) is 32.9 Å². The van der Waals surface area contributed by atoms with Gasteiger partial charge in [0.1, 0.15) is 6.04 Å². The molecule has 0 saturated carbocycles. The van der Waals surface area contributed by atoms with Crippen molar-refractivity contribution < 1.29 is 9.90 Å². The van der Waals surface area contributed by atoms with Gasteiger partial charge in [-0.15, -0.1) is 0 Å². The van der Waals surface area contributed by atoms with Gasteiger partial charge < -0.3 is 10.4 Å². The fourth-order valence-corrected chi connectivity index (χ4v) is 1.96. The zero-order chi connectivity index (χ0) is 12.8. The van der Waals surface area contributed by atoms with Crippen LogP contribution < -0.4 is 5.32 Å². The topological polar surface area (TPSA) is 49.3 Å². The molecule has 2 atom stereocenters. The zero-order valence-corrected chi connectivity index (χ0v) is 12.3. The minimum Gasteiger partial charge on any atom is -0.480 e. The number of aliphatic carboxylic acids is 1. The van der Waals surface area contributed by atoms with Gasteiger partial charge in [0.25, 0.3) is 0 Å². The monoisotopic (exact) mass is 347 g/mol. The molecule has 0 aliphatic carbocycles. The summed E-state index contributed by atoms with van der Waals surface area (Å²) in [7, 11) is 0. The Labute approximate surface area is 116 Å². The smallest absolute Gasteiger partial charge is 0.320 e. The van der Waals surface area contributed by atoms with E-state index < -0.39 is 12.0 Å². The van der Waals surface area contributed by atoms with Gasteiger partial charge in [-0.05, 0) is 46.2 Å². The van der Waals surface area contributed by atoms with Crippen molar-refractivity contribution >= 4 is 28.6 Å². The van der Waals surface area contributed by atoms with Crippen molar-refractivity contribution in [3.8, 4) is 0 Å². The van der Waals surface area contributed by atoms with E-state index in [1.165, 1.54) is 3.57 Å². The van der Waals surface area contributed by atoms with Gasteiger partial charge in [-0.1, -0.05) is 32.4 Å². The maximum atomic E-state index is 11.1. The number of nitrogens with one attached hydrogen (secondary N) is 1. The number of carboxylic acids is 1. The third-order valence-corrected chi connectivity index (χ3v) is 3.64. The second-order valence-electron chi connectivity index (χ2n) is 4.21. The van der Waals surface area contributed by atoms with Crippen molar-refractivity contribution in [1.29, 1.82) is 0 Å². The summed E-state index contributed by atoms with van der Waals surface area (Å²) in [5, 5.41) is 12.2. The molecule has 0 radical (unpaired) electrons. The molecule has 94 valence electrons. The first kappa shape index (κ1) is 14.4. The molecule has 0 unspecified atom stereocenters. The van der Waals surface area contributed by atoms with Crippen LogP contribution in [0.4, 0.5) is 0 Å². The second-order valence-corrected chi connectivity index (χ2v) is 5.45. The molecule has 3 nitrogen and oxygen atoms in total. The summed E-state index contributed by atoms with van der Waals surface area (Å²) >= 11 is 2.25. The molecule has 0 aliphatic heterocycles. The second kappa shape index (κ2) is 6.96. The highest BCUT2D eigenvalue weighted by Crippen LogP contribution is 2.10. The Morgan fingerprint density at radius 3 is 2.47 bits per heavy atom. The summed E-state index contributed by atoms with van der Waals surface area (Å²) in [5.41, 5.74) is 1.11. The van der Waals surface area contributed by atoms with Crippen LogP contribution in [-0.2, 0) is 11.3 Å². The summed E-state index contributed by atoms with van der Waals surface area (Å²) < 4.78 is 1.18. The molecule has 17 heavy (non-hydrogen) atoms. The first-order chi connectivity index (χ1) is 8.04. The molecule has 1 aromatic carbocycles. The van der Waals surface area contributed by atoms with Crippen LogP contribution in [0.5, 0.6) is 0 Å². The van der Waals surface area contributed by atoms with Crippen LogP contribution in [0.1, 0.15) is 25.8 Å². The van der Waals surface area contributed by atoms with Gasteiger partial charge in [0.2, 0.25) is 0 Å². The molecule has 0 saturated heterocycles. The third-order valence-electron chi connectivity index (χ3n) is 2.92. The first-order valence-electron chi connectivity index (χ1n) is 5.75. The highest BCUT2D eigenvalue weighted by molar-refractivity contribution is 14.1. The van der Waals surface area contributed by atoms with E-state index in [9.17, 15) is 4.79 Å². The van der Waals surface area contributed by atoms with Crippen molar-refractivity contribution in [3.05, 3.63) is 33.4 Å². The molecule has 0 fully saturated rings. The van der Waals surface area contributed by atoms with E-state index >= 15 is 0 Å². The van der Waals surface area contributed by atoms with Gasteiger partial charge in [-0.2, -0.15) is 0 Å². The van der Waals surface area contributed by atoms with Crippen LogP contribution in [0.15, 0.2) is 24.3 Å². The fraction of sp³-hybridized carbons (Fsp3) is 0.462. The van der Waals surface area contributed by atoms with Gasteiger partial charge in [-0.25, -0.2) is 0 Å². The number of rotatable bonds is 6. The van der Waals surface area contributed by atoms with E-state index in [0.29, 0.717) is 6.54 Å². The summed E-state index contributed by atoms with van der Waals surface area (Å²) in [4.78, 5) is 11.1. The van der Waals surface area contributed by atoms with Crippen molar-refractivity contribution in [1.82, 2.24) is 5.32 Å². The Morgan fingerprint density at radius 2 is 2.00 bits per heavy atom. The maximum absolute atomic E-state index is 11.1. The molecule has 0 bridgehead atoms. The van der Waals surface area contributed by atoms with Gasteiger partial charge in [0.15, 0.2) is 0 Å². The molecule has 0 aromatic heterocycles. The lowest BCUT2D eigenvalue weighted by Crippen LogP contribution is -2.41. The Bertz CT molecular complexity index is 364. The van der Waals surface area contributed by atoms with Gasteiger partial charge in [-0.3, -0.25) is 4.79 Å². The number of carbonyl (C=O) groups is 1. The van der Waals surface area contributed by atoms with Crippen LogP contribution in [0.3, 0.4) is 0 Å². The van der Waals surface area contributed by atoms with Crippen LogP contribution in [0.2, 0.25) is 0 Å². The Morgan fingerprint density at radius 1 is 1.41 bits per heavy atom. The molecular formula is C13H18INO2. The highest BCUT2D eigenvalue weighted by atomic mass is 127. The van der Waals surface area contributed by atoms with Gasteiger partial charge >= 0.3 is 5.97 Å². The highest BCUT2D eigenvalue weighted by Gasteiger charge is 2.22. The summed E-state index contributed by atoms with van der Waals surface area (Å²) in [6.45, 7) is 4.56. The number of hydrogen-bond donors (Lipinski definition) is 2. The molecule has 0 amide bonds. The molecular weight excluding hydrogens is 329 g/mol. The van der Waals surface area contributed by atoms with E-state index in [1.807, 2.05) is 38.1 Å². The van der Waals surface area contributed by atoms with Crippen molar-refractivity contribution in [2.75, 3.05) is 0 Å². The van der Waals surface area contributed by atoms with Crippen LogP contribution >= 0.6 is 22.6 Å². The molecule has 2 N–H and O–H groups in total. The average Bonchev–Trinajstić information content (AvgIpc) is 2.31. The predicted molar refractivity (Wildman–Crippen MR) is 76.9 cm³/mol. The van der Waals surface area contributed by atoms with Crippen LogP contribution in [0.25, 0.3) is 0 Å². The average molecular weight is 347 g/mol. The van der Waals surface area contributed by atoms with Crippen molar-refractivity contribution in [2.24, 2.45) is 5.92 Å². The number of halogens is 1. The molecule has 0 aliphatic rings. The minimum atomic E-state index is -0.773.